The highest BCUT2D eigenvalue weighted by Crippen LogP contribution is 2.05. The van der Waals surface area contributed by atoms with Crippen molar-refractivity contribution in [3.63, 3.8) is 0 Å². The summed E-state index contributed by atoms with van der Waals surface area (Å²) in [5.74, 6) is 0. The Labute approximate surface area is 82.1 Å². The normalized spacial score (nSPS) is 9.92. The van der Waals surface area contributed by atoms with E-state index >= 15 is 0 Å². The molecule has 0 fully saturated rings. The van der Waals surface area contributed by atoms with Crippen molar-refractivity contribution in [1.29, 1.82) is 0 Å². The SMILES string of the molecule is Brc1cnc2nccc[nH][nH]c2n1. The topological polar surface area (TPSA) is 70.2 Å². The molecule has 5 nitrogen and oxygen atoms in total. The number of aromatic amines is 2. The third-order valence-corrected chi connectivity index (χ3v) is 1.76. The van der Waals surface area contributed by atoms with Crippen LogP contribution in [-0.4, -0.2) is 25.1 Å². The van der Waals surface area contributed by atoms with Gasteiger partial charge < -0.3 is 5.10 Å². The fourth-order valence-electron chi connectivity index (χ4n) is 0.854. The van der Waals surface area contributed by atoms with Gasteiger partial charge in [-0.25, -0.2) is 15.0 Å². The van der Waals surface area contributed by atoms with E-state index < -0.39 is 0 Å². The van der Waals surface area contributed by atoms with Crippen LogP contribution in [0.25, 0.3) is 11.3 Å². The maximum atomic E-state index is 4.15. The van der Waals surface area contributed by atoms with Crippen LogP contribution in [0.4, 0.5) is 0 Å². The number of halogens is 1. The summed E-state index contributed by atoms with van der Waals surface area (Å²) in [6, 6.07) is 1.76. The van der Waals surface area contributed by atoms with Crippen LogP contribution in [0.2, 0.25) is 0 Å². The standard InChI is InChI=1S/C7H6BrN5/c8-5-4-10-6-7(12-5)13-11-3-1-2-9-6/h1-4,11H,(H,12,13). The van der Waals surface area contributed by atoms with Crippen LogP contribution < -0.4 is 0 Å². The lowest BCUT2D eigenvalue weighted by Gasteiger charge is -1.92. The fraction of sp³-hybridized carbons (Fsp3) is 0. The quantitative estimate of drug-likeness (QED) is 0.734. The number of aromatic nitrogens is 5. The van der Waals surface area contributed by atoms with Crippen molar-refractivity contribution in [2.45, 2.75) is 0 Å². The van der Waals surface area contributed by atoms with Crippen molar-refractivity contribution in [3.8, 4) is 0 Å². The Morgan fingerprint density at radius 2 is 2.23 bits per heavy atom. The number of rotatable bonds is 0. The number of fused-ring (bicyclic) bond motifs is 1. The molecule has 0 radical (unpaired) electrons. The summed E-state index contributed by atoms with van der Waals surface area (Å²) in [4.78, 5) is 12.3. The van der Waals surface area contributed by atoms with E-state index in [1.54, 1.807) is 24.7 Å². The minimum absolute atomic E-state index is 0.556. The summed E-state index contributed by atoms with van der Waals surface area (Å²) < 4.78 is 0.667. The zero-order chi connectivity index (χ0) is 9.10. The number of hydrogen-bond donors (Lipinski definition) is 2. The lowest BCUT2D eigenvalue weighted by molar-refractivity contribution is 1.03. The molecule has 13 heavy (non-hydrogen) atoms. The van der Waals surface area contributed by atoms with Gasteiger partial charge in [-0.3, -0.25) is 5.10 Å². The lowest BCUT2D eigenvalue weighted by atomic mass is 10.6. The molecule has 0 aliphatic carbocycles. The van der Waals surface area contributed by atoms with Gasteiger partial charge in [0.2, 0.25) is 0 Å². The molecule has 0 saturated carbocycles. The third kappa shape index (κ3) is 1.83. The molecule has 2 heterocycles. The Hall–Kier alpha value is -1.43. The zero-order valence-electron chi connectivity index (χ0n) is 6.53. The van der Waals surface area contributed by atoms with E-state index in [2.05, 4.69) is 41.1 Å². The summed E-state index contributed by atoms with van der Waals surface area (Å²) in [5, 5.41) is 5.68. The molecule has 6 heteroatoms. The highest BCUT2D eigenvalue weighted by molar-refractivity contribution is 9.10. The van der Waals surface area contributed by atoms with E-state index in [9.17, 15) is 0 Å². The third-order valence-electron chi connectivity index (χ3n) is 1.38. The first-order chi connectivity index (χ1) is 6.36. The molecule has 0 spiro atoms. The van der Waals surface area contributed by atoms with E-state index in [1.165, 1.54) is 0 Å². The lowest BCUT2D eigenvalue weighted by Crippen LogP contribution is -1.89. The molecule has 2 N–H and O–H groups in total. The Morgan fingerprint density at radius 3 is 3.15 bits per heavy atom. The molecular formula is C7H6BrN5. The van der Waals surface area contributed by atoms with E-state index in [4.69, 9.17) is 0 Å². The van der Waals surface area contributed by atoms with Gasteiger partial charge in [-0.1, -0.05) is 0 Å². The van der Waals surface area contributed by atoms with E-state index in [0.717, 1.165) is 0 Å². The van der Waals surface area contributed by atoms with Crippen LogP contribution in [0.3, 0.4) is 0 Å². The molecule has 0 aromatic carbocycles. The minimum Gasteiger partial charge on any atom is -0.307 e. The van der Waals surface area contributed by atoms with Gasteiger partial charge in [0, 0.05) is 12.4 Å². The number of hydrogen-bond acceptors (Lipinski definition) is 3. The van der Waals surface area contributed by atoms with Gasteiger partial charge in [-0.05, 0) is 22.0 Å². The molecule has 0 saturated heterocycles. The summed E-state index contributed by atoms with van der Waals surface area (Å²) in [6.07, 6.45) is 4.97. The summed E-state index contributed by atoms with van der Waals surface area (Å²) in [5.41, 5.74) is 1.15. The largest absolute Gasteiger partial charge is 0.307 e. The van der Waals surface area contributed by atoms with Crippen molar-refractivity contribution in [2.75, 3.05) is 0 Å². The second kappa shape index (κ2) is 3.53. The van der Waals surface area contributed by atoms with E-state index in [-0.39, 0.29) is 0 Å². The highest BCUT2D eigenvalue weighted by atomic mass is 79.9. The van der Waals surface area contributed by atoms with Gasteiger partial charge in [-0.2, -0.15) is 0 Å². The van der Waals surface area contributed by atoms with Gasteiger partial charge in [-0.15, -0.1) is 0 Å². The van der Waals surface area contributed by atoms with Crippen molar-refractivity contribution >= 4 is 27.2 Å². The Kier molecular flexibility index (Phi) is 2.22. The second-order valence-electron chi connectivity index (χ2n) is 2.27. The minimum atomic E-state index is 0.556. The number of nitrogens with zero attached hydrogens (tertiary/aromatic N) is 3. The first kappa shape index (κ1) is 8.18. The van der Waals surface area contributed by atoms with Crippen LogP contribution >= 0.6 is 15.9 Å². The average Bonchev–Trinajstić information content (AvgIpc) is 2.08. The maximum absolute atomic E-state index is 4.15. The molecular weight excluding hydrogens is 234 g/mol. The van der Waals surface area contributed by atoms with E-state index in [1.807, 2.05) is 0 Å². The zero-order valence-corrected chi connectivity index (χ0v) is 8.12. The Bertz CT molecular complexity index is 459. The highest BCUT2D eigenvalue weighted by Gasteiger charge is 1.94. The molecule has 0 bridgehead atoms. The molecule has 0 amide bonds. The van der Waals surface area contributed by atoms with Gasteiger partial charge in [0.25, 0.3) is 0 Å². The van der Waals surface area contributed by atoms with Gasteiger partial charge in [0.1, 0.15) is 4.60 Å². The monoisotopic (exact) mass is 239 g/mol. The molecule has 2 rings (SSSR count). The van der Waals surface area contributed by atoms with Gasteiger partial charge >= 0.3 is 0 Å². The molecule has 0 aliphatic heterocycles. The van der Waals surface area contributed by atoms with Crippen molar-refractivity contribution < 1.29 is 0 Å². The molecule has 2 aromatic heterocycles. The summed E-state index contributed by atoms with van der Waals surface area (Å²) in [6.45, 7) is 0. The average molecular weight is 240 g/mol. The van der Waals surface area contributed by atoms with Crippen molar-refractivity contribution in [1.82, 2.24) is 25.1 Å². The molecule has 2 aromatic rings. The Morgan fingerprint density at radius 1 is 1.31 bits per heavy atom. The van der Waals surface area contributed by atoms with Crippen LogP contribution in [0.1, 0.15) is 0 Å². The van der Waals surface area contributed by atoms with Crippen molar-refractivity contribution in [2.24, 2.45) is 0 Å². The molecule has 0 unspecified atom stereocenters. The summed E-state index contributed by atoms with van der Waals surface area (Å²) >= 11 is 3.22. The fourth-order valence-corrected chi connectivity index (χ4v) is 1.13. The van der Waals surface area contributed by atoms with E-state index in [0.29, 0.717) is 15.9 Å². The predicted molar refractivity (Wildman–Crippen MR) is 51.4 cm³/mol. The first-order valence-corrected chi connectivity index (χ1v) is 4.39. The number of H-pyrrole nitrogens is 2. The van der Waals surface area contributed by atoms with Crippen molar-refractivity contribution in [3.05, 3.63) is 29.3 Å². The molecule has 0 aliphatic rings. The first-order valence-electron chi connectivity index (χ1n) is 3.59. The van der Waals surface area contributed by atoms with Crippen LogP contribution in [0, 0.1) is 0 Å². The van der Waals surface area contributed by atoms with Gasteiger partial charge in [0.05, 0.1) is 6.20 Å². The van der Waals surface area contributed by atoms with Crippen LogP contribution in [0.15, 0.2) is 29.3 Å². The number of nitrogens with one attached hydrogen (secondary N) is 2. The summed E-state index contributed by atoms with van der Waals surface area (Å²) in [7, 11) is 0. The maximum Gasteiger partial charge on any atom is 0.197 e. The predicted octanol–water partition coefficient (Wildman–Crippen LogP) is 1.57. The Balaban J connectivity index is 2.81. The van der Waals surface area contributed by atoms with Crippen LogP contribution in [-0.2, 0) is 0 Å². The smallest absolute Gasteiger partial charge is 0.197 e. The molecule has 0 atom stereocenters. The van der Waals surface area contributed by atoms with Gasteiger partial charge in [0.15, 0.2) is 11.3 Å². The second-order valence-corrected chi connectivity index (χ2v) is 3.08. The van der Waals surface area contributed by atoms with Crippen LogP contribution in [0.5, 0.6) is 0 Å². The molecule has 66 valence electrons.